The van der Waals surface area contributed by atoms with Crippen molar-refractivity contribution in [2.45, 2.75) is 51.2 Å². The van der Waals surface area contributed by atoms with Crippen LogP contribution < -0.4 is 5.32 Å². The third-order valence-corrected chi connectivity index (χ3v) is 7.64. The molecule has 2 aromatic rings. The Labute approximate surface area is 182 Å². The fraction of sp³-hybridized carbons (Fsp3) is 0.500. The van der Waals surface area contributed by atoms with Crippen LogP contribution in [0, 0.1) is 12.8 Å². The summed E-state index contributed by atoms with van der Waals surface area (Å²) < 4.78 is 6.05. The number of benzene rings is 1. The number of carbonyl (C=O) groups excluding carboxylic acids is 2. The highest BCUT2D eigenvalue weighted by atomic mass is 32.1. The van der Waals surface area contributed by atoms with E-state index < -0.39 is 0 Å². The number of nitrogens with one attached hydrogen (secondary N) is 1. The van der Waals surface area contributed by atoms with Gasteiger partial charge in [-0.05, 0) is 43.0 Å². The predicted octanol–water partition coefficient (Wildman–Crippen LogP) is 4.07. The predicted molar refractivity (Wildman–Crippen MR) is 119 cm³/mol. The molecule has 1 fully saturated rings. The third-order valence-electron chi connectivity index (χ3n) is 6.65. The average molecular weight is 427 g/mol. The number of hydrogen-bond acceptors (Lipinski definition) is 4. The molecule has 0 saturated carbocycles. The van der Waals surface area contributed by atoms with Crippen LogP contribution in [-0.2, 0) is 14.9 Å². The van der Waals surface area contributed by atoms with E-state index in [-0.39, 0.29) is 35.3 Å². The Hall–Kier alpha value is -2.18. The molecule has 4 rings (SSSR count). The van der Waals surface area contributed by atoms with Crippen molar-refractivity contribution in [1.29, 1.82) is 0 Å². The lowest BCUT2D eigenvalue weighted by molar-refractivity contribution is -0.126. The van der Waals surface area contributed by atoms with Crippen LogP contribution in [-0.4, -0.2) is 43.0 Å². The summed E-state index contributed by atoms with van der Waals surface area (Å²) in [6.45, 7) is 7.22. The molecule has 160 valence electrons. The van der Waals surface area contributed by atoms with Crippen molar-refractivity contribution in [3.8, 4) is 0 Å². The summed E-state index contributed by atoms with van der Waals surface area (Å²) in [5, 5.41) is 3.23. The Morgan fingerprint density at radius 3 is 2.47 bits per heavy atom. The number of piperidine rings is 1. The van der Waals surface area contributed by atoms with Crippen molar-refractivity contribution in [1.82, 2.24) is 10.2 Å². The Morgan fingerprint density at radius 1 is 1.17 bits per heavy atom. The summed E-state index contributed by atoms with van der Waals surface area (Å²) in [5.41, 5.74) is 2.21. The van der Waals surface area contributed by atoms with E-state index in [1.54, 1.807) is 18.4 Å². The van der Waals surface area contributed by atoms with Gasteiger partial charge < -0.3 is 15.0 Å². The van der Waals surface area contributed by atoms with E-state index in [1.807, 2.05) is 43.9 Å². The number of thiophene rings is 1. The zero-order valence-corrected chi connectivity index (χ0v) is 18.9. The first-order valence-electron chi connectivity index (χ1n) is 10.7. The van der Waals surface area contributed by atoms with Gasteiger partial charge in [-0.25, -0.2) is 0 Å². The van der Waals surface area contributed by atoms with E-state index in [1.165, 1.54) is 5.56 Å². The molecule has 30 heavy (non-hydrogen) atoms. The Balaban J connectivity index is 1.60. The first kappa shape index (κ1) is 21.1. The molecule has 1 aromatic heterocycles. The van der Waals surface area contributed by atoms with Crippen molar-refractivity contribution in [2.75, 3.05) is 20.2 Å². The Bertz CT molecular complexity index is 943. The minimum Gasteiger partial charge on any atom is -0.378 e. The standard InChI is InChI=1S/C24H30N2O3S/c1-15(2)22(27)25-20-17-7-5-6-8-18(17)24(21(20)29-4)11-13-26(14-12-24)23(28)19-10-9-16(3)30-19/h5-10,15,20-21H,11-14H2,1-4H3,(H,25,27)/t20-,21+/m1/s1. The maximum absolute atomic E-state index is 12.9. The van der Waals surface area contributed by atoms with E-state index in [0.717, 1.165) is 28.2 Å². The second-order valence-corrected chi connectivity index (χ2v) is 10.0. The monoisotopic (exact) mass is 426 g/mol. The van der Waals surface area contributed by atoms with Gasteiger partial charge in [0.1, 0.15) is 0 Å². The van der Waals surface area contributed by atoms with Crippen LogP contribution in [0.3, 0.4) is 0 Å². The van der Waals surface area contributed by atoms with Gasteiger partial charge in [0, 0.05) is 36.4 Å². The van der Waals surface area contributed by atoms with Gasteiger partial charge in [-0.1, -0.05) is 38.1 Å². The van der Waals surface area contributed by atoms with Gasteiger partial charge in [0.25, 0.3) is 5.91 Å². The van der Waals surface area contributed by atoms with Crippen molar-refractivity contribution in [3.05, 3.63) is 57.3 Å². The molecular formula is C24H30N2O3S. The summed E-state index contributed by atoms with van der Waals surface area (Å²) in [4.78, 5) is 29.4. The molecule has 1 N–H and O–H groups in total. The number of ether oxygens (including phenoxy) is 1. The van der Waals surface area contributed by atoms with Crippen LogP contribution in [0.15, 0.2) is 36.4 Å². The minimum absolute atomic E-state index is 0.0367. The van der Waals surface area contributed by atoms with Gasteiger partial charge in [0.15, 0.2) is 0 Å². The lowest BCUT2D eigenvalue weighted by Crippen LogP contribution is -2.51. The van der Waals surface area contributed by atoms with Crippen molar-refractivity contribution in [2.24, 2.45) is 5.92 Å². The molecule has 1 spiro atoms. The van der Waals surface area contributed by atoms with E-state index in [9.17, 15) is 9.59 Å². The van der Waals surface area contributed by atoms with Crippen LogP contribution in [0.4, 0.5) is 0 Å². The fourth-order valence-electron chi connectivity index (χ4n) is 5.06. The summed E-state index contributed by atoms with van der Waals surface area (Å²) in [7, 11) is 1.73. The number of hydrogen-bond donors (Lipinski definition) is 1. The van der Waals surface area contributed by atoms with Crippen molar-refractivity contribution >= 4 is 23.2 Å². The number of rotatable bonds is 4. The summed E-state index contributed by atoms with van der Waals surface area (Å²) in [6, 6.07) is 12.1. The Morgan fingerprint density at radius 2 is 1.87 bits per heavy atom. The first-order valence-corrected chi connectivity index (χ1v) is 11.5. The molecule has 0 bridgehead atoms. The van der Waals surface area contributed by atoms with E-state index in [0.29, 0.717) is 13.1 Å². The van der Waals surface area contributed by atoms with Crippen LogP contribution in [0.2, 0.25) is 0 Å². The lowest BCUT2D eigenvalue weighted by atomic mass is 9.72. The average Bonchev–Trinajstić information content (AvgIpc) is 3.28. The molecule has 5 nitrogen and oxygen atoms in total. The normalized spacial score (nSPS) is 22.4. The quantitative estimate of drug-likeness (QED) is 0.802. The second kappa shape index (κ2) is 8.16. The summed E-state index contributed by atoms with van der Waals surface area (Å²) in [5.74, 6) is 0.0716. The van der Waals surface area contributed by atoms with Crippen molar-refractivity contribution in [3.63, 3.8) is 0 Å². The van der Waals surface area contributed by atoms with Gasteiger partial charge >= 0.3 is 0 Å². The molecular weight excluding hydrogens is 396 g/mol. The molecule has 1 aromatic carbocycles. The Kier molecular flexibility index (Phi) is 5.73. The molecule has 1 aliphatic heterocycles. The first-order chi connectivity index (χ1) is 14.4. The van der Waals surface area contributed by atoms with Gasteiger partial charge in [-0.15, -0.1) is 11.3 Å². The largest absolute Gasteiger partial charge is 0.378 e. The summed E-state index contributed by atoms with van der Waals surface area (Å²) >= 11 is 1.55. The number of likely N-dealkylation sites (tertiary alicyclic amines) is 1. The minimum atomic E-state index is -0.192. The third kappa shape index (κ3) is 3.46. The molecule has 1 aliphatic carbocycles. The van der Waals surface area contributed by atoms with Crippen LogP contribution >= 0.6 is 11.3 Å². The van der Waals surface area contributed by atoms with Crippen LogP contribution in [0.5, 0.6) is 0 Å². The molecule has 6 heteroatoms. The highest BCUT2D eigenvalue weighted by molar-refractivity contribution is 7.13. The second-order valence-electron chi connectivity index (χ2n) is 8.74. The molecule has 2 aliphatic rings. The topological polar surface area (TPSA) is 58.6 Å². The molecule has 0 radical (unpaired) electrons. The SMILES string of the molecule is CO[C@H]1[C@H](NC(=O)C(C)C)c2ccccc2C12CCN(C(=O)c1ccc(C)s1)CC2. The number of methoxy groups -OCH3 is 1. The number of amides is 2. The van der Waals surface area contributed by atoms with Gasteiger partial charge in [-0.3, -0.25) is 9.59 Å². The number of nitrogens with zero attached hydrogens (tertiary/aromatic N) is 1. The molecule has 1 saturated heterocycles. The lowest BCUT2D eigenvalue weighted by Gasteiger charge is -2.44. The number of fused-ring (bicyclic) bond motifs is 2. The smallest absolute Gasteiger partial charge is 0.263 e. The fourth-order valence-corrected chi connectivity index (χ4v) is 5.90. The maximum Gasteiger partial charge on any atom is 0.263 e. The van der Waals surface area contributed by atoms with Crippen molar-refractivity contribution < 1.29 is 14.3 Å². The van der Waals surface area contributed by atoms with Gasteiger partial charge in [0.2, 0.25) is 5.91 Å². The van der Waals surface area contributed by atoms with E-state index in [4.69, 9.17) is 4.74 Å². The maximum atomic E-state index is 12.9. The molecule has 2 atom stereocenters. The van der Waals surface area contributed by atoms with Gasteiger partial charge in [0.05, 0.1) is 17.0 Å². The zero-order valence-electron chi connectivity index (χ0n) is 18.1. The van der Waals surface area contributed by atoms with E-state index in [2.05, 4.69) is 23.5 Å². The summed E-state index contributed by atoms with van der Waals surface area (Å²) in [6.07, 6.45) is 1.51. The number of carbonyl (C=O) groups is 2. The molecule has 2 amide bonds. The number of aryl methyl sites for hydroxylation is 1. The highest BCUT2D eigenvalue weighted by Crippen LogP contribution is 2.52. The molecule has 0 unspecified atom stereocenters. The molecule has 2 heterocycles. The van der Waals surface area contributed by atoms with E-state index >= 15 is 0 Å². The highest BCUT2D eigenvalue weighted by Gasteiger charge is 2.54. The zero-order chi connectivity index (χ0) is 21.5. The van der Waals surface area contributed by atoms with Crippen LogP contribution in [0.1, 0.15) is 58.4 Å². The van der Waals surface area contributed by atoms with Crippen LogP contribution in [0.25, 0.3) is 0 Å². The van der Waals surface area contributed by atoms with Gasteiger partial charge in [-0.2, -0.15) is 0 Å².